The highest BCUT2D eigenvalue weighted by Crippen LogP contribution is 2.58. The Morgan fingerprint density at radius 2 is 2.10 bits per heavy atom. The van der Waals surface area contributed by atoms with Gasteiger partial charge in [-0.2, -0.15) is 0 Å². The molecule has 1 heterocycles. The summed E-state index contributed by atoms with van der Waals surface area (Å²) in [5, 5.41) is 6.53. The van der Waals surface area contributed by atoms with Crippen molar-refractivity contribution in [1.82, 2.24) is 10.6 Å². The summed E-state index contributed by atoms with van der Waals surface area (Å²) in [6.45, 7) is 7.17. The summed E-state index contributed by atoms with van der Waals surface area (Å²) in [5.41, 5.74) is 4.31. The zero-order valence-corrected chi connectivity index (χ0v) is 13.2. The Balaban J connectivity index is 1.46. The molecule has 1 atom stereocenters. The monoisotopic (exact) mass is 286 g/mol. The average molecular weight is 286 g/mol. The maximum absolute atomic E-state index is 12.3. The fourth-order valence-electron chi connectivity index (χ4n) is 3.77. The van der Waals surface area contributed by atoms with Crippen LogP contribution in [0, 0.1) is 25.2 Å². The third kappa shape index (κ3) is 3.13. The van der Waals surface area contributed by atoms with Crippen LogP contribution in [0.2, 0.25) is 0 Å². The molecule has 1 aromatic carbocycles. The van der Waals surface area contributed by atoms with E-state index in [4.69, 9.17) is 0 Å². The molecular formula is C18H26N2O. The molecule has 1 aliphatic heterocycles. The van der Waals surface area contributed by atoms with Crippen molar-refractivity contribution in [3.63, 3.8) is 0 Å². The van der Waals surface area contributed by atoms with Crippen LogP contribution in [-0.2, 0) is 11.2 Å². The lowest BCUT2D eigenvalue weighted by atomic mass is 9.92. The van der Waals surface area contributed by atoms with Crippen molar-refractivity contribution < 1.29 is 4.79 Å². The van der Waals surface area contributed by atoms with Crippen molar-refractivity contribution in [2.24, 2.45) is 11.3 Å². The van der Waals surface area contributed by atoms with E-state index in [0.29, 0.717) is 5.41 Å². The molecule has 3 heteroatoms. The fraction of sp³-hybridized carbons (Fsp3) is 0.611. The second-order valence-corrected chi connectivity index (χ2v) is 6.84. The highest BCUT2D eigenvalue weighted by molar-refractivity contribution is 5.82. The summed E-state index contributed by atoms with van der Waals surface area (Å²) in [7, 11) is 0. The standard InChI is InChI=1S/C18H26N2O/c1-13-3-4-15(14(2)11-13)5-8-20-17(21)16-12-18(16)6-9-19-10-7-18/h3-4,11,16,19H,5-10,12H2,1-2H3,(H,20,21). The molecule has 1 unspecified atom stereocenters. The zero-order chi connectivity index (χ0) is 14.9. The minimum Gasteiger partial charge on any atom is -0.356 e. The van der Waals surface area contributed by atoms with Crippen molar-refractivity contribution in [3.05, 3.63) is 34.9 Å². The fourth-order valence-corrected chi connectivity index (χ4v) is 3.77. The summed E-state index contributed by atoms with van der Waals surface area (Å²) in [6, 6.07) is 6.54. The number of hydrogen-bond donors (Lipinski definition) is 2. The third-order valence-electron chi connectivity index (χ3n) is 5.30. The first-order valence-electron chi connectivity index (χ1n) is 8.15. The van der Waals surface area contributed by atoms with E-state index in [1.165, 1.54) is 29.5 Å². The lowest BCUT2D eigenvalue weighted by molar-refractivity contribution is -0.123. The van der Waals surface area contributed by atoms with Crippen LogP contribution >= 0.6 is 0 Å². The molecule has 2 fully saturated rings. The van der Waals surface area contributed by atoms with E-state index >= 15 is 0 Å². The number of carbonyl (C=O) groups excluding carboxylic acids is 1. The number of amides is 1. The van der Waals surface area contributed by atoms with E-state index in [0.717, 1.165) is 32.5 Å². The second kappa shape index (κ2) is 5.80. The van der Waals surface area contributed by atoms with Crippen LogP contribution in [0.25, 0.3) is 0 Å². The van der Waals surface area contributed by atoms with Crippen LogP contribution in [0.1, 0.15) is 36.0 Å². The van der Waals surface area contributed by atoms with Gasteiger partial charge in [-0.3, -0.25) is 4.79 Å². The molecule has 1 spiro atoms. The Bertz CT molecular complexity index is 532. The van der Waals surface area contributed by atoms with Gasteiger partial charge in [-0.05, 0) is 69.2 Å². The highest BCUT2D eigenvalue weighted by Gasteiger charge is 2.57. The Kier molecular flexibility index (Phi) is 4.03. The van der Waals surface area contributed by atoms with Crippen molar-refractivity contribution in [1.29, 1.82) is 0 Å². The predicted octanol–water partition coefficient (Wildman–Crippen LogP) is 2.35. The smallest absolute Gasteiger partial charge is 0.223 e. The number of nitrogens with one attached hydrogen (secondary N) is 2. The molecule has 1 aliphatic carbocycles. The minimum atomic E-state index is 0.277. The Morgan fingerprint density at radius 1 is 1.33 bits per heavy atom. The molecule has 3 nitrogen and oxygen atoms in total. The topological polar surface area (TPSA) is 41.1 Å². The van der Waals surface area contributed by atoms with Crippen LogP contribution in [0.4, 0.5) is 0 Å². The van der Waals surface area contributed by atoms with E-state index in [2.05, 4.69) is 42.7 Å². The summed E-state index contributed by atoms with van der Waals surface area (Å²) >= 11 is 0. The molecule has 0 aromatic heterocycles. The SMILES string of the molecule is Cc1ccc(CCNC(=O)C2CC23CCNCC3)c(C)c1. The van der Waals surface area contributed by atoms with E-state index in [-0.39, 0.29) is 11.8 Å². The van der Waals surface area contributed by atoms with Gasteiger partial charge in [0.1, 0.15) is 0 Å². The van der Waals surface area contributed by atoms with Gasteiger partial charge in [-0.25, -0.2) is 0 Å². The zero-order valence-electron chi connectivity index (χ0n) is 13.2. The van der Waals surface area contributed by atoms with Crippen LogP contribution in [0.5, 0.6) is 0 Å². The summed E-state index contributed by atoms with van der Waals surface area (Å²) < 4.78 is 0. The number of benzene rings is 1. The van der Waals surface area contributed by atoms with Crippen LogP contribution in [0.3, 0.4) is 0 Å². The van der Waals surface area contributed by atoms with Crippen LogP contribution in [0.15, 0.2) is 18.2 Å². The van der Waals surface area contributed by atoms with Crippen LogP contribution < -0.4 is 10.6 Å². The number of piperidine rings is 1. The molecule has 2 aliphatic rings. The molecule has 21 heavy (non-hydrogen) atoms. The van der Waals surface area contributed by atoms with Crippen LogP contribution in [-0.4, -0.2) is 25.5 Å². The van der Waals surface area contributed by atoms with Gasteiger partial charge in [0.25, 0.3) is 0 Å². The molecular weight excluding hydrogens is 260 g/mol. The van der Waals surface area contributed by atoms with E-state index in [9.17, 15) is 4.79 Å². The quantitative estimate of drug-likeness (QED) is 0.892. The maximum atomic E-state index is 12.3. The van der Waals surface area contributed by atoms with E-state index < -0.39 is 0 Å². The Labute approximate surface area is 127 Å². The molecule has 0 radical (unpaired) electrons. The first-order chi connectivity index (χ1) is 10.1. The van der Waals surface area contributed by atoms with E-state index in [1.54, 1.807) is 0 Å². The molecule has 3 rings (SSSR count). The normalized spacial score (nSPS) is 23.0. The number of hydrogen-bond acceptors (Lipinski definition) is 2. The molecule has 1 amide bonds. The predicted molar refractivity (Wildman–Crippen MR) is 85.3 cm³/mol. The lowest BCUT2D eigenvalue weighted by Gasteiger charge is -2.23. The molecule has 1 saturated carbocycles. The molecule has 114 valence electrons. The van der Waals surface area contributed by atoms with Gasteiger partial charge in [0.2, 0.25) is 5.91 Å². The van der Waals surface area contributed by atoms with Crippen molar-refractivity contribution in [2.45, 2.75) is 39.5 Å². The van der Waals surface area contributed by atoms with Crippen molar-refractivity contribution >= 4 is 5.91 Å². The van der Waals surface area contributed by atoms with Gasteiger partial charge in [0.15, 0.2) is 0 Å². The number of carbonyl (C=O) groups is 1. The first kappa shape index (κ1) is 14.6. The highest BCUT2D eigenvalue weighted by atomic mass is 16.2. The van der Waals surface area contributed by atoms with Gasteiger partial charge in [0.05, 0.1) is 0 Å². The summed E-state index contributed by atoms with van der Waals surface area (Å²) in [4.78, 5) is 12.3. The maximum Gasteiger partial charge on any atom is 0.223 e. The first-order valence-corrected chi connectivity index (χ1v) is 8.15. The largest absolute Gasteiger partial charge is 0.356 e. The Morgan fingerprint density at radius 3 is 2.81 bits per heavy atom. The summed E-state index contributed by atoms with van der Waals surface area (Å²) in [6.07, 6.45) is 4.37. The van der Waals surface area contributed by atoms with Gasteiger partial charge in [0, 0.05) is 12.5 Å². The van der Waals surface area contributed by atoms with Crippen molar-refractivity contribution in [3.8, 4) is 0 Å². The van der Waals surface area contributed by atoms with E-state index in [1.807, 2.05) is 0 Å². The molecule has 1 saturated heterocycles. The number of rotatable bonds is 4. The van der Waals surface area contributed by atoms with Gasteiger partial charge in [-0.1, -0.05) is 23.8 Å². The second-order valence-electron chi connectivity index (χ2n) is 6.84. The average Bonchev–Trinajstić information content (AvgIpc) is 3.15. The van der Waals surface area contributed by atoms with Gasteiger partial charge < -0.3 is 10.6 Å². The molecule has 2 N–H and O–H groups in total. The van der Waals surface area contributed by atoms with Crippen molar-refractivity contribution in [2.75, 3.05) is 19.6 Å². The minimum absolute atomic E-state index is 0.277. The van der Waals surface area contributed by atoms with Gasteiger partial charge in [-0.15, -0.1) is 0 Å². The molecule has 0 bridgehead atoms. The molecule has 1 aromatic rings. The third-order valence-corrected chi connectivity index (χ3v) is 5.30. The lowest BCUT2D eigenvalue weighted by Crippen LogP contribution is -2.34. The summed E-state index contributed by atoms with van der Waals surface area (Å²) in [5.74, 6) is 0.556. The van der Waals surface area contributed by atoms with Gasteiger partial charge >= 0.3 is 0 Å². The number of aryl methyl sites for hydroxylation is 2. The Hall–Kier alpha value is -1.35.